The van der Waals surface area contributed by atoms with Crippen LogP contribution in [0.15, 0.2) is 46.9 Å². The zero-order valence-electron chi connectivity index (χ0n) is 11.5. The standard InChI is InChI=1S/C15H15BrN2O3/c1-10(17)11-3-2-4-14(7-11)21-9-12-5-6-13(16)8-15(12)18(19)20/h2-8,10H,9,17H2,1H3. The van der Waals surface area contributed by atoms with Gasteiger partial charge in [-0.1, -0.05) is 28.1 Å². The van der Waals surface area contributed by atoms with Crippen molar-refractivity contribution in [2.45, 2.75) is 19.6 Å². The third kappa shape index (κ3) is 4.03. The Bertz CT molecular complexity index is 659. The number of nitrogens with two attached hydrogens (primary N) is 1. The van der Waals surface area contributed by atoms with Crippen LogP contribution < -0.4 is 10.5 Å². The normalized spacial score (nSPS) is 12.0. The van der Waals surface area contributed by atoms with Crippen LogP contribution in [0.5, 0.6) is 5.75 Å². The number of rotatable bonds is 5. The fourth-order valence-electron chi connectivity index (χ4n) is 1.88. The van der Waals surface area contributed by atoms with E-state index in [1.54, 1.807) is 18.2 Å². The lowest BCUT2D eigenvalue weighted by Gasteiger charge is -2.10. The molecule has 2 aromatic rings. The van der Waals surface area contributed by atoms with Crippen molar-refractivity contribution in [3.05, 3.63) is 68.2 Å². The van der Waals surface area contributed by atoms with Gasteiger partial charge in [-0.25, -0.2) is 0 Å². The number of ether oxygens (including phenoxy) is 1. The van der Waals surface area contributed by atoms with Crippen LogP contribution in [0.4, 0.5) is 5.69 Å². The molecule has 2 N–H and O–H groups in total. The molecule has 0 saturated heterocycles. The monoisotopic (exact) mass is 350 g/mol. The highest BCUT2D eigenvalue weighted by atomic mass is 79.9. The minimum absolute atomic E-state index is 0.0349. The van der Waals surface area contributed by atoms with Crippen molar-refractivity contribution in [3.8, 4) is 5.75 Å². The first kappa shape index (κ1) is 15.5. The predicted molar refractivity (Wildman–Crippen MR) is 84.2 cm³/mol. The van der Waals surface area contributed by atoms with Crippen molar-refractivity contribution in [2.75, 3.05) is 0 Å². The Morgan fingerprint density at radius 1 is 1.33 bits per heavy atom. The number of hydrogen-bond acceptors (Lipinski definition) is 4. The van der Waals surface area contributed by atoms with Crippen LogP contribution in [0.2, 0.25) is 0 Å². The molecule has 1 unspecified atom stereocenters. The summed E-state index contributed by atoms with van der Waals surface area (Å²) in [4.78, 5) is 10.6. The average Bonchev–Trinajstić information content (AvgIpc) is 2.46. The number of hydrogen-bond donors (Lipinski definition) is 1. The van der Waals surface area contributed by atoms with Crippen molar-refractivity contribution in [3.63, 3.8) is 0 Å². The Kier molecular flexibility index (Phi) is 4.93. The van der Waals surface area contributed by atoms with Gasteiger partial charge in [0.2, 0.25) is 0 Å². The Labute approximate surface area is 131 Å². The van der Waals surface area contributed by atoms with E-state index < -0.39 is 4.92 Å². The third-order valence-electron chi connectivity index (χ3n) is 3.02. The highest BCUT2D eigenvalue weighted by Gasteiger charge is 2.14. The first-order valence-corrected chi connectivity index (χ1v) is 7.18. The minimum Gasteiger partial charge on any atom is -0.489 e. The average molecular weight is 351 g/mol. The zero-order chi connectivity index (χ0) is 15.4. The fraction of sp³-hybridized carbons (Fsp3) is 0.200. The molecule has 0 aromatic heterocycles. The molecular weight excluding hydrogens is 336 g/mol. The Morgan fingerprint density at radius 3 is 2.76 bits per heavy atom. The molecule has 0 fully saturated rings. The van der Waals surface area contributed by atoms with Crippen molar-refractivity contribution < 1.29 is 9.66 Å². The summed E-state index contributed by atoms with van der Waals surface area (Å²) in [5.41, 5.74) is 7.33. The molecule has 110 valence electrons. The van der Waals surface area contributed by atoms with Gasteiger partial charge in [-0.15, -0.1) is 0 Å². The smallest absolute Gasteiger partial charge is 0.277 e. The van der Waals surface area contributed by atoms with Crippen molar-refractivity contribution in [2.24, 2.45) is 5.73 Å². The highest BCUT2D eigenvalue weighted by molar-refractivity contribution is 9.10. The van der Waals surface area contributed by atoms with E-state index in [1.807, 2.05) is 25.1 Å². The van der Waals surface area contributed by atoms with E-state index in [1.165, 1.54) is 6.07 Å². The maximum atomic E-state index is 11.0. The maximum absolute atomic E-state index is 11.0. The molecule has 0 aliphatic carbocycles. The van der Waals surface area contributed by atoms with Gasteiger partial charge >= 0.3 is 0 Å². The van der Waals surface area contributed by atoms with Crippen molar-refractivity contribution >= 4 is 21.6 Å². The van der Waals surface area contributed by atoms with Crippen LogP contribution in [0.3, 0.4) is 0 Å². The zero-order valence-corrected chi connectivity index (χ0v) is 13.0. The number of nitro groups is 1. The van der Waals surface area contributed by atoms with Crippen LogP contribution in [0.25, 0.3) is 0 Å². The second kappa shape index (κ2) is 6.69. The lowest BCUT2D eigenvalue weighted by molar-refractivity contribution is -0.385. The molecule has 21 heavy (non-hydrogen) atoms. The molecule has 0 amide bonds. The molecule has 0 aliphatic rings. The van der Waals surface area contributed by atoms with Crippen LogP contribution in [0, 0.1) is 10.1 Å². The van der Waals surface area contributed by atoms with Gasteiger partial charge in [0.15, 0.2) is 0 Å². The van der Waals surface area contributed by atoms with E-state index in [0.29, 0.717) is 15.8 Å². The lowest BCUT2D eigenvalue weighted by Crippen LogP contribution is -2.05. The molecular formula is C15H15BrN2O3. The van der Waals surface area contributed by atoms with E-state index in [4.69, 9.17) is 10.5 Å². The number of benzene rings is 2. The minimum atomic E-state index is -0.415. The van der Waals surface area contributed by atoms with E-state index in [9.17, 15) is 10.1 Å². The summed E-state index contributed by atoms with van der Waals surface area (Å²) in [7, 11) is 0. The van der Waals surface area contributed by atoms with E-state index in [0.717, 1.165) is 5.56 Å². The summed E-state index contributed by atoms with van der Waals surface area (Å²) in [6.07, 6.45) is 0. The quantitative estimate of drug-likeness (QED) is 0.653. The molecule has 0 bridgehead atoms. The molecule has 2 rings (SSSR count). The van der Waals surface area contributed by atoms with Gasteiger partial charge in [0.25, 0.3) is 5.69 Å². The summed E-state index contributed by atoms with van der Waals surface area (Å²) in [5.74, 6) is 0.641. The maximum Gasteiger partial charge on any atom is 0.277 e. The molecule has 6 heteroatoms. The number of nitrogens with zero attached hydrogens (tertiary/aromatic N) is 1. The van der Waals surface area contributed by atoms with Gasteiger partial charge in [0.1, 0.15) is 12.4 Å². The largest absolute Gasteiger partial charge is 0.489 e. The summed E-state index contributed by atoms with van der Waals surface area (Å²) in [6, 6.07) is 12.2. The van der Waals surface area contributed by atoms with Crippen molar-refractivity contribution in [1.82, 2.24) is 0 Å². The molecule has 1 atom stereocenters. The predicted octanol–water partition coefficient (Wildman–Crippen LogP) is 3.96. The van der Waals surface area contributed by atoms with Crippen LogP contribution in [-0.2, 0) is 6.61 Å². The Morgan fingerprint density at radius 2 is 2.10 bits per heavy atom. The molecule has 0 heterocycles. The van der Waals surface area contributed by atoms with Crippen LogP contribution in [-0.4, -0.2) is 4.92 Å². The van der Waals surface area contributed by atoms with Crippen LogP contribution >= 0.6 is 15.9 Å². The number of halogens is 1. The van der Waals surface area contributed by atoms with Gasteiger partial charge in [-0.3, -0.25) is 10.1 Å². The van der Waals surface area contributed by atoms with E-state index in [-0.39, 0.29) is 18.3 Å². The second-order valence-corrected chi connectivity index (χ2v) is 5.60. The SMILES string of the molecule is CC(N)c1cccc(OCc2ccc(Br)cc2[N+](=O)[O-])c1. The van der Waals surface area contributed by atoms with Gasteiger partial charge < -0.3 is 10.5 Å². The van der Waals surface area contributed by atoms with Gasteiger partial charge in [-0.2, -0.15) is 0 Å². The molecule has 0 spiro atoms. The molecule has 2 aromatic carbocycles. The fourth-order valence-corrected chi connectivity index (χ4v) is 2.23. The van der Waals surface area contributed by atoms with Gasteiger partial charge in [-0.05, 0) is 36.8 Å². The summed E-state index contributed by atoms with van der Waals surface area (Å²) in [6.45, 7) is 2.02. The second-order valence-electron chi connectivity index (χ2n) is 4.68. The van der Waals surface area contributed by atoms with Gasteiger partial charge in [0.05, 0.1) is 10.5 Å². The topological polar surface area (TPSA) is 78.4 Å². The van der Waals surface area contributed by atoms with E-state index in [2.05, 4.69) is 15.9 Å². The van der Waals surface area contributed by atoms with E-state index >= 15 is 0 Å². The Hall–Kier alpha value is -1.92. The molecule has 0 saturated carbocycles. The van der Waals surface area contributed by atoms with Gasteiger partial charge in [0, 0.05) is 16.6 Å². The Balaban J connectivity index is 2.17. The first-order valence-electron chi connectivity index (χ1n) is 6.38. The number of nitro benzene ring substituents is 1. The molecule has 5 nitrogen and oxygen atoms in total. The summed E-state index contributed by atoms with van der Waals surface area (Å²) >= 11 is 3.23. The third-order valence-corrected chi connectivity index (χ3v) is 3.52. The van der Waals surface area contributed by atoms with Crippen LogP contribution in [0.1, 0.15) is 24.1 Å². The highest BCUT2D eigenvalue weighted by Crippen LogP contribution is 2.25. The summed E-state index contributed by atoms with van der Waals surface area (Å²) in [5, 5.41) is 11.0. The lowest BCUT2D eigenvalue weighted by atomic mass is 10.1. The first-order chi connectivity index (χ1) is 9.97. The van der Waals surface area contributed by atoms with Crippen molar-refractivity contribution in [1.29, 1.82) is 0 Å². The molecule has 0 radical (unpaired) electrons. The summed E-state index contributed by atoms with van der Waals surface area (Å²) < 4.78 is 6.30. The molecule has 0 aliphatic heterocycles.